The number of unbranched alkanes of at least 4 members (excludes halogenated alkanes) is 9. The Kier molecular flexibility index (Phi) is 20.7. The van der Waals surface area contributed by atoms with Gasteiger partial charge in [-0.05, 0) is 6.42 Å². The minimum Gasteiger partial charge on any atom is -0.746 e. The van der Waals surface area contributed by atoms with Gasteiger partial charge in [-0.25, -0.2) is 8.42 Å². The molecule has 0 aromatic carbocycles. The van der Waals surface area contributed by atoms with Crippen molar-refractivity contribution >= 4 is 10.1 Å². The van der Waals surface area contributed by atoms with Gasteiger partial charge in [-0.2, -0.15) is 0 Å². The molecule has 128 valence electrons. The second-order valence-corrected chi connectivity index (χ2v) is 6.73. The molecule has 0 rings (SSSR count). The molecule has 22 heavy (non-hydrogen) atoms. The first-order valence-corrected chi connectivity index (χ1v) is 9.73. The smallest absolute Gasteiger partial charge is 0.746 e. The molecule has 0 aliphatic heterocycles. The Hall–Kier alpha value is 0.830. The molecule has 0 spiro atoms. The van der Waals surface area contributed by atoms with Gasteiger partial charge in [0.1, 0.15) is 16.1 Å². The molecular weight excluding hydrogens is 315 g/mol. The monoisotopic (exact) mass is 346 g/mol. The van der Waals surface area contributed by atoms with Crippen molar-refractivity contribution in [1.82, 2.24) is 0 Å². The van der Waals surface area contributed by atoms with Gasteiger partial charge in [-0.1, -0.05) is 64.7 Å². The Labute approximate surface area is 158 Å². The summed E-state index contributed by atoms with van der Waals surface area (Å²) in [7, 11) is -4.27. The van der Waals surface area contributed by atoms with E-state index in [9.17, 15) is 13.0 Å². The van der Waals surface area contributed by atoms with Gasteiger partial charge in [-0.3, -0.25) is 0 Å². The zero-order valence-electron chi connectivity index (χ0n) is 14.3. The maximum Gasteiger partial charge on any atom is 1.00 e. The number of ether oxygens (including phenoxy) is 2. The third-order valence-electron chi connectivity index (χ3n) is 3.24. The Morgan fingerprint density at radius 3 is 1.68 bits per heavy atom. The predicted octanol–water partition coefficient (Wildman–Crippen LogP) is 0.447. The van der Waals surface area contributed by atoms with Crippen LogP contribution >= 0.6 is 0 Å². The number of hydrogen-bond acceptors (Lipinski definition) is 5. The van der Waals surface area contributed by atoms with Crippen molar-refractivity contribution in [2.45, 2.75) is 71.1 Å². The van der Waals surface area contributed by atoms with E-state index in [0.717, 1.165) is 6.42 Å². The Balaban J connectivity index is 0. The van der Waals surface area contributed by atoms with Gasteiger partial charge in [0.05, 0.1) is 13.2 Å². The van der Waals surface area contributed by atoms with Crippen molar-refractivity contribution in [2.24, 2.45) is 0 Å². The van der Waals surface area contributed by atoms with Crippen LogP contribution in [-0.4, -0.2) is 38.7 Å². The normalized spacial score (nSPS) is 11.4. The molecule has 0 aromatic rings. The summed E-state index contributed by atoms with van der Waals surface area (Å²) in [5.41, 5.74) is 0. The molecule has 0 fully saturated rings. The summed E-state index contributed by atoms with van der Waals surface area (Å²) < 4.78 is 40.7. The van der Waals surface area contributed by atoms with E-state index in [1.54, 1.807) is 0 Å². The minimum absolute atomic E-state index is 0. The predicted molar refractivity (Wildman–Crippen MR) is 83.2 cm³/mol. The molecule has 0 amide bonds. The Morgan fingerprint density at radius 2 is 1.18 bits per heavy atom. The second kappa shape index (κ2) is 18.2. The third-order valence-corrected chi connectivity index (χ3v) is 3.70. The van der Waals surface area contributed by atoms with Crippen LogP contribution in [0.2, 0.25) is 0 Å². The van der Waals surface area contributed by atoms with E-state index in [4.69, 9.17) is 4.74 Å². The van der Waals surface area contributed by atoms with E-state index in [1.165, 1.54) is 57.8 Å². The minimum atomic E-state index is -4.27. The standard InChI is InChI=1S/C15H32O5S.Na/c1-2-3-4-5-6-7-8-9-10-11-12-19-13-14-20-15-21(16,17)18;/h2-15H2,1H3,(H,16,17,18);/q;+1/p-1. The molecule has 0 atom stereocenters. The van der Waals surface area contributed by atoms with Crippen molar-refractivity contribution in [2.75, 3.05) is 25.8 Å². The second-order valence-electron chi connectivity index (χ2n) is 5.38. The van der Waals surface area contributed by atoms with Gasteiger partial charge < -0.3 is 14.0 Å². The van der Waals surface area contributed by atoms with Crippen molar-refractivity contribution in [1.29, 1.82) is 0 Å². The average Bonchev–Trinajstić information content (AvgIpc) is 2.42. The van der Waals surface area contributed by atoms with Crippen molar-refractivity contribution in [3.63, 3.8) is 0 Å². The zero-order chi connectivity index (χ0) is 15.8. The van der Waals surface area contributed by atoms with Crippen molar-refractivity contribution in [3.8, 4) is 0 Å². The Morgan fingerprint density at radius 1 is 0.727 bits per heavy atom. The summed E-state index contributed by atoms with van der Waals surface area (Å²) in [5, 5.41) is 0. The quantitative estimate of drug-likeness (QED) is 0.230. The fourth-order valence-corrected chi connectivity index (χ4v) is 2.39. The van der Waals surface area contributed by atoms with E-state index in [1.807, 2.05) is 0 Å². The SMILES string of the molecule is CCCCCCCCCCCCOCCOCS(=O)(=O)[O-].[Na+]. The molecule has 0 N–H and O–H groups in total. The summed E-state index contributed by atoms with van der Waals surface area (Å²) in [6, 6.07) is 0. The molecule has 0 saturated carbocycles. The summed E-state index contributed by atoms with van der Waals surface area (Å²) in [6.07, 6.45) is 12.9. The van der Waals surface area contributed by atoms with E-state index in [-0.39, 0.29) is 36.2 Å². The average molecular weight is 346 g/mol. The molecule has 5 nitrogen and oxygen atoms in total. The van der Waals surface area contributed by atoms with Crippen LogP contribution in [0.3, 0.4) is 0 Å². The van der Waals surface area contributed by atoms with Gasteiger partial charge >= 0.3 is 29.6 Å². The largest absolute Gasteiger partial charge is 1.00 e. The number of hydrogen-bond donors (Lipinski definition) is 0. The van der Waals surface area contributed by atoms with E-state index in [2.05, 4.69) is 11.7 Å². The van der Waals surface area contributed by atoms with Crippen LogP contribution in [0.4, 0.5) is 0 Å². The maximum atomic E-state index is 10.2. The zero-order valence-corrected chi connectivity index (χ0v) is 17.2. The molecule has 0 aliphatic carbocycles. The van der Waals surface area contributed by atoms with Gasteiger partial charge in [0, 0.05) is 6.61 Å². The Bertz CT molecular complexity index is 309. The summed E-state index contributed by atoms with van der Waals surface area (Å²) in [6.45, 7) is 3.40. The van der Waals surface area contributed by atoms with Gasteiger partial charge in [0.2, 0.25) is 0 Å². The molecule has 0 unspecified atom stereocenters. The van der Waals surface area contributed by atoms with Crippen LogP contribution in [0.1, 0.15) is 71.1 Å². The molecule has 0 heterocycles. The fraction of sp³-hybridized carbons (Fsp3) is 1.00. The van der Waals surface area contributed by atoms with Gasteiger partial charge in [0.25, 0.3) is 0 Å². The first kappa shape index (κ1) is 25.1. The molecule has 0 bridgehead atoms. The molecular formula is C15H31NaO5S. The van der Waals surface area contributed by atoms with E-state index >= 15 is 0 Å². The third kappa shape index (κ3) is 23.1. The van der Waals surface area contributed by atoms with Crippen LogP contribution < -0.4 is 29.6 Å². The topological polar surface area (TPSA) is 75.7 Å². The van der Waals surface area contributed by atoms with E-state index < -0.39 is 16.1 Å². The van der Waals surface area contributed by atoms with Crippen molar-refractivity contribution in [3.05, 3.63) is 0 Å². The maximum absolute atomic E-state index is 10.2. The van der Waals surface area contributed by atoms with Crippen LogP contribution in [0, 0.1) is 0 Å². The van der Waals surface area contributed by atoms with E-state index in [0.29, 0.717) is 13.2 Å². The van der Waals surface area contributed by atoms with Crippen LogP contribution in [0.5, 0.6) is 0 Å². The van der Waals surface area contributed by atoms with Gasteiger partial charge in [0.15, 0.2) is 0 Å². The summed E-state index contributed by atoms with van der Waals surface area (Å²) >= 11 is 0. The van der Waals surface area contributed by atoms with Crippen LogP contribution in [-0.2, 0) is 19.6 Å². The number of rotatable bonds is 16. The molecule has 0 saturated heterocycles. The molecule has 0 radical (unpaired) electrons. The van der Waals surface area contributed by atoms with Crippen molar-refractivity contribution < 1.29 is 52.0 Å². The first-order chi connectivity index (χ1) is 10.1. The molecule has 0 aliphatic rings. The molecule has 7 heteroatoms. The van der Waals surface area contributed by atoms with Gasteiger partial charge in [-0.15, -0.1) is 0 Å². The first-order valence-electron chi connectivity index (χ1n) is 8.15. The summed E-state index contributed by atoms with van der Waals surface area (Å²) in [5.74, 6) is -0.769. The fourth-order valence-electron chi connectivity index (χ4n) is 2.07. The van der Waals surface area contributed by atoms with Crippen LogP contribution in [0.25, 0.3) is 0 Å². The summed E-state index contributed by atoms with van der Waals surface area (Å²) in [4.78, 5) is 0. The van der Waals surface area contributed by atoms with Crippen LogP contribution in [0.15, 0.2) is 0 Å². The molecule has 0 aromatic heterocycles.